The molecule has 2 aromatic rings. The van der Waals surface area contributed by atoms with Gasteiger partial charge < -0.3 is 9.47 Å². The number of rotatable bonds is 30. The Kier molecular flexibility index (Phi) is 27.9. The summed E-state index contributed by atoms with van der Waals surface area (Å²) >= 11 is 0. The predicted octanol–water partition coefficient (Wildman–Crippen LogP) is 9.94. The lowest BCUT2D eigenvalue weighted by Gasteiger charge is -2.05. The van der Waals surface area contributed by atoms with Crippen LogP contribution < -0.4 is 4.57 Å². The normalized spacial score (nSPS) is 10.8. The van der Waals surface area contributed by atoms with E-state index in [4.69, 9.17) is 15.0 Å². The number of unbranched alkanes of at least 4 members (excludes halogenated alkanes) is 14. The molecule has 8 heteroatoms. The fourth-order valence-electron chi connectivity index (χ4n) is 5.42. The van der Waals surface area contributed by atoms with Crippen LogP contribution in [-0.2, 0) is 28.9 Å². The van der Waals surface area contributed by atoms with E-state index in [0.29, 0.717) is 6.54 Å². The summed E-state index contributed by atoms with van der Waals surface area (Å²) in [6.45, 7) is 5.28. The summed E-state index contributed by atoms with van der Waals surface area (Å²) in [5, 5.41) is 3.58. The van der Waals surface area contributed by atoms with E-state index in [-0.39, 0.29) is 12.4 Å². The molecular weight excluding hydrogens is 570 g/mol. The molecule has 2 heterocycles. The zero-order chi connectivity index (χ0) is 30.3. The summed E-state index contributed by atoms with van der Waals surface area (Å²) in [5.74, 6) is 0. The lowest BCUT2D eigenvalue weighted by atomic mass is 10.1. The minimum atomic E-state index is 0. The van der Waals surface area contributed by atoms with Crippen molar-refractivity contribution in [3.8, 4) is 0 Å². The number of hydrogen-bond acceptors (Lipinski definition) is 4. The zero-order valence-corrected chi connectivity index (χ0v) is 28.3. The zero-order valence-electron chi connectivity index (χ0n) is 27.5. The van der Waals surface area contributed by atoms with Gasteiger partial charge in [0.1, 0.15) is 6.54 Å². The van der Waals surface area contributed by atoms with Gasteiger partial charge in [0.2, 0.25) is 0 Å². The van der Waals surface area contributed by atoms with Crippen LogP contribution in [-0.4, -0.2) is 38.0 Å². The molecule has 0 atom stereocenters. The molecule has 2 aromatic heterocycles. The Morgan fingerprint density at radius 2 is 1.16 bits per heavy atom. The van der Waals surface area contributed by atoms with Crippen LogP contribution in [0, 0.1) is 0 Å². The van der Waals surface area contributed by atoms with Gasteiger partial charge in [-0.2, -0.15) is 0 Å². The summed E-state index contributed by atoms with van der Waals surface area (Å²) in [7, 11) is 0. The molecule has 2 rings (SSSR count). The summed E-state index contributed by atoms with van der Waals surface area (Å²) in [4.78, 5) is 6.95. The molecule has 0 amide bonds. The summed E-state index contributed by atoms with van der Waals surface area (Å²) in [5.41, 5.74) is 11.0. The van der Waals surface area contributed by atoms with Gasteiger partial charge in [-0.25, -0.2) is 4.57 Å². The van der Waals surface area contributed by atoms with Crippen LogP contribution in [0.3, 0.4) is 0 Å². The second-order valence-electron chi connectivity index (χ2n) is 11.9. The number of pyridine rings is 2. The first-order valence-electron chi connectivity index (χ1n) is 17.4. The third-order valence-electron chi connectivity index (χ3n) is 7.97. The third-order valence-corrected chi connectivity index (χ3v) is 7.97. The molecule has 0 aliphatic heterocycles. The highest BCUT2D eigenvalue weighted by molar-refractivity contribution is 5.85. The average Bonchev–Trinajstić information content (AvgIpc) is 3.04. The van der Waals surface area contributed by atoms with Crippen molar-refractivity contribution < 1.29 is 14.0 Å². The van der Waals surface area contributed by atoms with Crippen molar-refractivity contribution in [1.82, 2.24) is 4.98 Å². The first-order chi connectivity index (χ1) is 21.4. The minimum absolute atomic E-state index is 0. The van der Waals surface area contributed by atoms with Crippen molar-refractivity contribution in [3.63, 3.8) is 0 Å². The molecule has 0 unspecified atom stereocenters. The highest BCUT2D eigenvalue weighted by Gasteiger charge is 2.04. The van der Waals surface area contributed by atoms with Crippen LogP contribution in [0.4, 0.5) is 0 Å². The second kappa shape index (κ2) is 30.8. The topological polar surface area (TPSA) is 84.0 Å². The van der Waals surface area contributed by atoms with Gasteiger partial charge in [-0.05, 0) is 74.6 Å². The van der Waals surface area contributed by atoms with Crippen molar-refractivity contribution in [3.05, 3.63) is 70.6 Å². The van der Waals surface area contributed by atoms with E-state index in [1.807, 2.05) is 18.5 Å². The van der Waals surface area contributed by atoms with Crippen LogP contribution in [0.5, 0.6) is 0 Å². The fourth-order valence-corrected chi connectivity index (χ4v) is 5.42. The first kappa shape index (κ1) is 39.8. The van der Waals surface area contributed by atoms with E-state index < -0.39 is 0 Å². The van der Waals surface area contributed by atoms with E-state index in [0.717, 1.165) is 65.1 Å². The molecule has 7 nitrogen and oxygen atoms in total. The highest BCUT2D eigenvalue weighted by Crippen LogP contribution is 2.11. The lowest BCUT2D eigenvalue weighted by molar-refractivity contribution is -0.697. The maximum absolute atomic E-state index is 8.26. The summed E-state index contributed by atoms with van der Waals surface area (Å²) in [6, 6.07) is 8.58. The third kappa shape index (κ3) is 24.2. The van der Waals surface area contributed by atoms with Gasteiger partial charge in [-0.15, -0.1) is 12.4 Å². The Morgan fingerprint density at radius 3 is 1.75 bits per heavy atom. The fraction of sp³-hybridized carbons (Fsp3) is 0.722. The van der Waals surface area contributed by atoms with Crippen LogP contribution in [0.2, 0.25) is 0 Å². The molecule has 0 bridgehead atoms. The van der Waals surface area contributed by atoms with E-state index in [1.54, 1.807) is 0 Å². The Hall–Kier alpha value is -2.18. The van der Waals surface area contributed by atoms with Gasteiger partial charge in [0.05, 0.1) is 0 Å². The number of hydrogen-bond donors (Lipinski definition) is 0. The predicted molar refractivity (Wildman–Crippen MR) is 184 cm³/mol. The molecule has 44 heavy (non-hydrogen) atoms. The first-order valence-corrected chi connectivity index (χ1v) is 17.4. The Labute approximate surface area is 274 Å². The number of ether oxygens (including phenoxy) is 2. The van der Waals surface area contributed by atoms with Crippen LogP contribution in [0.25, 0.3) is 10.4 Å². The van der Waals surface area contributed by atoms with Crippen LogP contribution in [0.15, 0.2) is 54.2 Å². The van der Waals surface area contributed by atoms with E-state index in [9.17, 15) is 0 Å². The average molecular weight is 631 g/mol. The standard InChI is InChI=1S/C36H60N5O2.ClH/c37-40-39-26-13-9-5-1-3-7-11-16-30-43-32-20-24-36-22-18-28-41(34-36)27-14-10-6-2-4-8-12-15-29-42-31-19-23-35-21-17-25-38-33-35;/h17-18,21-22,25,28,33-34H,1-16,19-20,23-24,26-27,29-32H2;1H/q+1;. The Bertz CT molecular complexity index is 943. The Balaban J connectivity index is 0.00000968. The second-order valence-corrected chi connectivity index (χ2v) is 11.9. The van der Waals surface area contributed by atoms with Crippen molar-refractivity contribution in [1.29, 1.82) is 0 Å². The monoisotopic (exact) mass is 630 g/mol. The molecule has 0 aliphatic carbocycles. The van der Waals surface area contributed by atoms with Gasteiger partial charge in [-0.3, -0.25) is 4.98 Å². The SMILES string of the molecule is Cl.[N-]=[N+]=NCCCCCCCCCCOCCCc1ccc[n+](CCCCCCCCCCOCCCc2cccnc2)c1. The number of azide groups is 1. The lowest BCUT2D eigenvalue weighted by Crippen LogP contribution is -2.33. The van der Waals surface area contributed by atoms with Crippen molar-refractivity contribution in [2.24, 2.45) is 5.11 Å². The Morgan fingerprint density at radius 1 is 0.636 bits per heavy atom. The molecule has 0 aromatic carbocycles. The quantitative estimate of drug-likeness (QED) is 0.0283. The molecule has 0 aliphatic rings. The molecule has 248 valence electrons. The molecule has 0 N–H and O–H groups in total. The largest absolute Gasteiger partial charge is 0.381 e. The number of aryl methyl sites for hydroxylation is 3. The van der Waals surface area contributed by atoms with Gasteiger partial charge in [-0.1, -0.05) is 81.8 Å². The van der Waals surface area contributed by atoms with Gasteiger partial charge in [0, 0.05) is 68.3 Å². The van der Waals surface area contributed by atoms with Gasteiger partial charge in [0.25, 0.3) is 0 Å². The van der Waals surface area contributed by atoms with E-state index in [2.05, 4.69) is 50.2 Å². The molecule has 0 saturated carbocycles. The minimum Gasteiger partial charge on any atom is -0.381 e. The van der Waals surface area contributed by atoms with Crippen molar-refractivity contribution >= 4 is 12.4 Å². The maximum atomic E-state index is 8.26. The molecular formula is C36H61ClN5O2+. The van der Waals surface area contributed by atoms with Crippen molar-refractivity contribution in [2.45, 2.75) is 135 Å². The van der Waals surface area contributed by atoms with Crippen LogP contribution >= 0.6 is 12.4 Å². The van der Waals surface area contributed by atoms with Gasteiger partial charge >= 0.3 is 0 Å². The molecule has 0 saturated heterocycles. The highest BCUT2D eigenvalue weighted by atomic mass is 35.5. The summed E-state index contributed by atoms with van der Waals surface area (Å²) in [6.07, 6.45) is 32.9. The number of halogens is 1. The van der Waals surface area contributed by atoms with Crippen molar-refractivity contribution in [2.75, 3.05) is 33.0 Å². The maximum Gasteiger partial charge on any atom is 0.171 e. The van der Waals surface area contributed by atoms with E-state index >= 15 is 0 Å². The van der Waals surface area contributed by atoms with Gasteiger partial charge in [0.15, 0.2) is 12.4 Å². The smallest absolute Gasteiger partial charge is 0.171 e. The van der Waals surface area contributed by atoms with E-state index in [1.165, 1.54) is 107 Å². The number of nitrogens with zero attached hydrogens (tertiary/aromatic N) is 5. The summed E-state index contributed by atoms with van der Waals surface area (Å²) < 4.78 is 14.0. The molecule has 0 fully saturated rings. The molecule has 0 radical (unpaired) electrons. The molecule has 0 spiro atoms. The van der Waals surface area contributed by atoms with Crippen LogP contribution in [0.1, 0.15) is 127 Å². The number of aromatic nitrogens is 2.